The van der Waals surface area contributed by atoms with Crippen molar-refractivity contribution in [2.45, 2.75) is 19.5 Å². The zero-order valence-corrected chi connectivity index (χ0v) is 12.5. The molecular weight excluding hydrogens is 323 g/mol. The molecule has 9 heteroatoms. The first-order valence-corrected chi connectivity index (χ1v) is 6.73. The van der Waals surface area contributed by atoms with Gasteiger partial charge < -0.3 is 0 Å². The van der Waals surface area contributed by atoms with Crippen LogP contribution in [0, 0.1) is 18.3 Å². The van der Waals surface area contributed by atoms with Gasteiger partial charge in [-0.15, -0.1) is 0 Å². The maximum Gasteiger partial charge on any atom is 0.417 e. The number of hydrogen-bond donors (Lipinski definition) is 2. The molecule has 2 aromatic rings. The van der Waals surface area contributed by atoms with Crippen LogP contribution in [0.15, 0.2) is 29.4 Å². The zero-order chi connectivity index (χ0) is 17.7. The van der Waals surface area contributed by atoms with Gasteiger partial charge in [0, 0.05) is 11.3 Å². The third-order valence-corrected chi connectivity index (χ3v) is 2.98. The first-order valence-electron chi connectivity index (χ1n) is 6.73. The minimum atomic E-state index is -4.63. The van der Waals surface area contributed by atoms with E-state index in [1.54, 1.807) is 19.1 Å². The van der Waals surface area contributed by atoms with Crippen LogP contribution in [0.1, 0.15) is 28.1 Å². The van der Waals surface area contributed by atoms with Gasteiger partial charge in [-0.25, -0.2) is 5.43 Å². The van der Waals surface area contributed by atoms with Crippen molar-refractivity contribution in [1.29, 1.82) is 5.26 Å². The molecular formula is C15H12F3N5O. The summed E-state index contributed by atoms with van der Waals surface area (Å²) in [6, 6.07) is 6.41. The molecule has 0 aliphatic rings. The number of aromatic amines is 1. The smallest absolute Gasteiger partial charge is 0.283 e. The quantitative estimate of drug-likeness (QED) is 0.663. The molecule has 6 nitrogen and oxygen atoms in total. The Morgan fingerprint density at radius 2 is 2.21 bits per heavy atom. The van der Waals surface area contributed by atoms with Crippen molar-refractivity contribution in [3.8, 4) is 6.07 Å². The molecule has 1 aromatic heterocycles. The summed E-state index contributed by atoms with van der Waals surface area (Å²) in [4.78, 5) is 11.7. The lowest BCUT2D eigenvalue weighted by Crippen LogP contribution is -2.20. The normalized spacial score (nSPS) is 11.5. The fourth-order valence-corrected chi connectivity index (χ4v) is 1.93. The van der Waals surface area contributed by atoms with Gasteiger partial charge in [0.25, 0.3) is 0 Å². The molecule has 0 spiro atoms. The van der Waals surface area contributed by atoms with Gasteiger partial charge in [0.05, 0.1) is 35.5 Å². The van der Waals surface area contributed by atoms with Crippen LogP contribution in [0.25, 0.3) is 0 Å². The molecule has 1 heterocycles. The van der Waals surface area contributed by atoms with Gasteiger partial charge in [-0.3, -0.25) is 9.89 Å². The number of hydrogen-bond acceptors (Lipinski definition) is 4. The second-order valence-electron chi connectivity index (χ2n) is 4.92. The van der Waals surface area contributed by atoms with E-state index < -0.39 is 17.6 Å². The maximum absolute atomic E-state index is 13.0. The number of rotatable bonds is 4. The molecule has 0 unspecified atom stereocenters. The SMILES string of the molecule is Cc1cc(CC(=O)N/N=C/c2ccc(C#N)cc2C(F)(F)F)n[nH]1. The summed E-state index contributed by atoms with van der Waals surface area (Å²) >= 11 is 0. The molecule has 0 saturated carbocycles. The van der Waals surface area contributed by atoms with Crippen LogP contribution in [-0.2, 0) is 17.4 Å². The molecule has 1 aromatic carbocycles. The highest BCUT2D eigenvalue weighted by Gasteiger charge is 2.33. The van der Waals surface area contributed by atoms with Gasteiger partial charge in [0.15, 0.2) is 0 Å². The van der Waals surface area contributed by atoms with E-state index in [0.29, 0.717) is 5.69 Å². The number of aromatic nitrogens is 2. The van der Waals surface area contributed by atoms with Gasteiger partial charge in [-0.05, 0) is 25.1 Å². The summed E-state index contributed by atoms with van der Waals surface area (Å²) in [5, 5.41) is 18.8. The number of nitrogens with zero attached hydrogens (tertiary/aromatic N) is 3. The fourth-order valence-electron chi connectivity index (χ4n) is 1.93. The highest BCUT2D eigenvalue weighted by Crippen LogP contribution is 2.32. The minimum Gasteiger partial charge on any atom is -0.283 e. The molecule has 0 aliphatic heterocycles. The number of halogens is 3. The standard InChI is InChI=1S/C15H12F3N5O/c1-9-4-12(22-21-9)6-14(24)23-20-8-11-3-2-10(7-19)5-13(11)15(16,17)18/h2-5,8H,6H2,1H3,(H,21,22)(H,23,24)/b20-8+. The minimum absolute atomic E-state index is 0.0544. The number of benzene rings is 1. The summed E-state index contributed by atoms with van der Waals surface area (Å²) in [7, 11) is 0. The average molecular weight is 335 g/mol. The summed E-state index contributed by atoms with van der Waals surface area (Å²) in [5.74, 6) is -0.514. The van der Waals surface area contributed by atoms with E-state index >= 15 is 0 Å². The van der Waals surface area contributed by atoms with E-state index in [2.05, 4.69) is 20.7 Å². The molecule has 2 N–H and O–H groups in total. The van der Waals surface area contributed by atoms with E-state index in [4.69, 9.17) is 5.26 Å². The first kappa shape index (κ1) is 17.2. The Bertz CT molecular complexity index is 817. The van der Waals surface area contributed by atoms with E-state index in [1.165, 1.54) is 6.07 Å². The van der Waals surface area contributed by atoms with Crippen molar-refractivity contribution < 1.29 is 18.0 Å². The molecule has 1 amide bonds. The number of nitrogens with one attached hydrogen (secondary N) is 2. The number of H-pyrrole nitrogens is 1. The van der Waals surface area contributed by atoms with Gasteiger partial charge in [0.1, 0.15) is 0 Å². The fraction of sp³-hybridized carbons (Fsp3) is 0.200. The highest BCUT2D eigenvalue weighted by molar-refractivity contribution is 5.84. The number of carbonyl (C=O) groups is 1. The van der Waals surface area contributed by atoms with Gasteiger partial charge >= 0.3 is 6.18 Å². The van der Waals surface area contributed by atoms with Crippen LogP contribution in [0.2, 0.25) is 0 Å². The Morgan fingerprint density at radius 1 is 1.46 bits per heavy atom. The Morgan fingerprint density at radius 3 is 2.79 bits per heavy atom. The van der Waals surface area contributed by atoms with Crippen molar-refractivity contribution in [2.24, 2.45) is 5.10 Å². The second-order valence-corrected chi connectivity index (χ2v) is 4.92. The first-order chi connectivity index (χ1) is 11.3. The third-order valence-electron chi connectivity index (χ3n) is 2.98. The number of alkyl halides is 3. The van der Waals surface area contributed by atoms with E-state index in [9.17, 15) is 18.0 Å². The van der Waals surface area contributed by atoms with Crippen molar-refractivity contribution >= 4 is 12.1 Å². The Hall–Kier alpha value is -3.15. The lowest BCUT2D eigenvalue weighted by Gasteiger charge is -2.10. The highest BCUT2D eigenvalue weighted by atomic mass is 19.4. The van der Waals surface area contributed by atoms with Crippen LogP contribution in [-0.4, -0.2) is 22.3 Å². The number of carbonyl (C=O) groups excluding carboxylic acids is 1. The summed E-state index contributed by atoms with van der Waals surface area (Å²) < 4.78 is 38.9. The van der Waals surface area contributed by atoms with E-state index in [0.717, 1.165) is 24.0 Å². The van der Waals surface area contributed by atoms with E-state index in [-0.39, 0.29) is 17.5 Å². The maximum atomic E-state index is 13.0. The molecule has 2 rings (SSSR count). The van der Waals surface area contributed by atoms with E-state index in [1.807, 2.05) is 0 Å². The van der Waals surface area contributed by atoms with Crippen molar-refractivity contribution in [3.63, 3.8) is 0 Å². The number of hydrazone groups is 1. The number of aryl methyl sites for hydroxylation is 1. The van der Waals surface area contributed by atoms with Crippen molar-refractivity contribution in [3.05, 3.63) is 52.3 Å². The Kier molecular flexibility index (Phi) is 4.99. The molecule has 0 radical (unpaired) electrons. The van der Waals surface area contributed by atoms with Gasteiger partial charge in [-0.2, -0.15) is 28.6 Å². The molecule has 0 atom stereocenters. The predicted octanol–water partition coefficient (Wildman–Crippen LogP) is 2.30. The second kappa shape index (κ2) is 6.95. The molecule has 0 saturated heterocycles. The van der Waals surface area contributed by atoms with Crippen LogP contribution in [0.5, 0.6) is 0 Å². The van der Waals surface area contributed by atoms with Gasteiger partial charge in [0.2, 0.25) is 5.91 Å². The van der Waals surface area contributed by atoms with Crippen LogP contribution in [0.3, 0.4) is 0 Å². The summed E-state index contributed by atoms with van der Waals surface area (Å²) in [6.07, 6.45) is -3.80. The topological polar surface area (TPSA) is 93.9 Å². The van der Waals surface area contributed by atoms with Crippen LogP contribution in [0.4, 0.5) is 13.2 Å². The van der Waals surface area contributed by atoms with Gasteiger partial charge in [-0.1, -0.05) is 6.07 Å². The van der Waals surface area contributed by atoms with Crippen LogP contribution >= 0.6 is 0 Å². The van der Waals surface area contributed by atoms with Crippen LogP contribution < -0.4 is 5.43 Å². The monoisotopic (exact) mass is 335 g/mol. The summed E-state index contributed by atoms with van der Waals surface area (Å²) in [6.45, 7) is 1.77. The zero-order valence-electron chi connectivity index (χ0n) is 12.5. The predicted molar refractivity (Wildman–Crippen MR) is 78.9 cm³/mol. The third kappa shape index (κ3) is 4.42. The molecule has 0 aliphatic carbocycles. The average Bonchev–Trinajstić information content (AvgIpc) is 2.91. The number of amides is 1. The van der Waals surface area contributed by atoms with Crippen molar-refractivity contribution in [1.82, 2.24) is 15.6 Å². The molecule has 0 fully saturated rings. The largest absolute Gasteiger partial charge is 0.417 e. The lowest BCUT2D eigenvalue weighted by molar-refractivity contribution is -0.137. The van der Waals surface area contributed by atoms with Crippen molar-refractivity contribution in [2.75, 3.05) is 0 Å². The summed E-state index contributed by atoms with van der Waals surface area (Å²) in [5.41, 5.74) is 2.06. The number of nitriles is 1. The Balaban J connectivity index is 2.08. The lowest BCUT2D eigenvalue weighted by atomic mass is 10.0. The molecule has 0 bridgehead atoms. The Labute approximate surface area is 135 Å². The molecule has 24 heavy (non-hydrogen) atoms. The molecule has 124 valence electrons.